The van der Waals surface area contributed by atoms with Crippen LogP contribution >= 0.6 is 0 Å². The van der Waals surface area contributed by atoms with E-state index in [-0.39, 0.29) is 6.61 Å². The summed E-state index contributed by atoms with van der Waals surface area (Å²) in [4.78, 5) is 4.56. The minimum absolute atomic E-state index is 0.286. The van der Waals surface area contributed by atoms with Crippen LogP contribution in [-0.2, 0) is 6.54 Å². The third-order valence-corrected chi connectivity index (χ3v) is 3.61. The van der Waals surface area contributed by atoms with Crippen molar-refractivity contribution in [2.75, 3.05) is 13.2 Å². The van der Waals surface area contributed by atoms with E-state index in [1.165, 1.54) is 10.9 Å². The van der Waals surface area contributed by atoms with Gasteiger partial charge in [0.25, 0.3) is 0 Å². The smallest absolute Gasteiger partial charge is 0.0708 e. The average molecular weight is 272 g/mol. The molecular weight excluding hydrogens is 248 g/mol. The Kier molecular flexibility index (Phi) is 5.50. The van der Waals surface area contributed by atoms with Gasteiger partial charge in [-0.25, -0.2) is 0 Å². The monoisotopic (exact) mass is 272 g/mol. The van der Waals surface area contributed by atoms with Crippen molar-refractivity contribution in [3.63, 3.8) is 0 Å². The van der Waals surface area contributed by atoms with E-state index < -0.39 is 0 Å². The van der Waals surface area contributed by atoms with Gasteiger partial charge in [0.15, 0.2) is 0 Å². The topological polar surface area (TPSA) is 45.1 Å². The quantitative estimate of drug-likeness (QED) is 0.762. The molecule has 0 bridgehead atoms. The predicted octanol–water partition coefficient (Wildman–Crippen LogP) is 3.04. The number of aromatic nitrogens is 1. The van der Waals surface area contributed by atoms with E-state index in [4.69, 9.17) is 5.11 Å². The molecule has 2 rings (SSSR count). The Labute approximate surface area is 121 Å². The van der Waals surface area contributed by atoms with E-state index in [1.807, 2.05) is 13.0 Å². The van der Waals surface area contributed by atoms with Gasteiger partial charge in [0, 0.05) is 24.2 Å². The van der Waals surface area contributed by atoms with Crippen molar-refractivity contribution in [1.82, 2.24) is 10.3 Å². The number of aliphatic hydroxyl groups excluding tert-OH is 1. The Morgan fingerprint density at radius 2 is 2.10 bits per heavy atom. The van der Waals surface area contributed by atoms with Crippen LogP contribution in [0.2, 0.25) is 0 Å². The van der Waals surface area contributed by atoms with Crippen molar-refractivity contribution in [3.8, 4) is 0 Å². The Bertz CT molecular complexity index is 554. The van der Waals surface area contributed by atoms with Gasteiger partial charge in [0.2, 0.25) is 0 Å². The second kappa shape index (κ2) is 7.36. The summed E-state index contributed by atoms with van der Waals surface area (Å²) in [7, 11) is 0. The first-order valence-electron chi connectivity index (χ1n) is 7.37. The maximum absolute atomic E-state index is 8.99. The zero-order valence-corrected chi connectivity index (χ0v) is 12.4. The average Bonchev–Trinajstić information content (AvgIpc) is 2.46. The van der Waals surface area contributed by atoms with Crippen molar-refractivity contribution in [2.24, 2.45) is 5.92 Å². The van der Waals surface area contributed by atoms with Crippen molar-refractivity contribution >= 4 is 10.9 Å². The number of fused-ring (bicyclic) bond motifs is 1. The number of rotatable bonds is 7. The third kappa shape index (κ3) is 4.02. The molecule has 1 aromatic carbocycles. The maximum Gasteiger partial charge on any atom is 0.0708 e. The molecule has 2 N–H and O–H groups in total. The van der Waals surface area contributed by atoms with Crippen LogP contribution < -0.4 is 5.32 Å². The highest BCUT2D eigenvalue weighted by Gasteiger charge is 2.03. The van der Waals surface area contributed by atoms with Crippen LogP contribution in [0.15, 0.2) is 30.3 Å². The molecule has 108 valence electrons. The summed E-state index contributed by atoms with van der Waals surface area (Å²) in [5, 5.41) is 13.7. The van der Waals surface area contributed by atoms with E-state index in [1.54, 1.807) is 0 Å². The Morgan fingerprint density at radius 1 is 1.30 bits per heavy atom. The lowest BCUT2D eigenvalue weighted by atomic mass is 10.1. The van der Waals surface area contributed by atoms with Crippen molar-refractivity contribution in [2.45, 2.75) is 33.2 Å². The fourth-order valence-electron chi connectivity index (χ4n) is 2.43. The number of aryl methyl sites for hydroxylation is 1. The summed E-state index contributed by atoms with van der Waals surface area (Å²) in [6.45, 7) is 6.27. The standard InChI is InChI=1S/C17H24N2O/c1-13(12-20)6-5-9-18-11-15-10-14(2)19-17-8-4-3-7-16(15)17/h3-4,7-8,10,13,18,20H,5-6,9,11-12H2,1-2H3. The van der Waals surface area contributed by atoms with Crippen molar-refractivity contribution in [3.05, 3.63) is 41.6 Å². The number of hydrogen-bond acceptors (Lipinski definition) is 3. The van der Waals surface area contributed by atoms with Gasteiger partial charge in [-0.05, 0) is 49.9 Å². The molecule has 0 radical (unpaired) electrons. The van der Waals surface area contributed by atoms with Gasteiger partial charge in [-0.3, -0.25) is 4.98 Å². The largest absolute Gasteiger partial charge is 0.396 e. The first kappa shape index (κ1) is 14.9. The first-order valence-corrected chi connectivity index (χ1v) is 7.37. The molecule has 3 heteroatoms. The van der Waals surface area contributed by atoms with E-state index in [0.717, 1.165) is 37.1 Å². The zero-order valence-electron chi connectivity index (χ0n) is 12.4. The lowest BCUT2D eigenvalue weighted by Crippen LogP contribution is -2.16. The molecule has 0 spiro atoms. The highest BCUT2D eigenvalue weighted by molar-refractivity contribution is 5.82. The van der Waals surface area contributed by atoms with E-state index in [0.29, 0.717) is 5.92 Å². The summed E-state index contributed by atoms with van der Waals surface area (Å²) in [5.41, 5.74) is 3.44. The van der Waals surface area contributed by atoms with Crippen LogP contribution in [0.3, 0.4) is 0 Å². The highest BCUT2D eigenvalue weighted by atomic mass is 16.3. The number of nitrogens with one attached hydrogen (secondary N) is 1. The lowest BCUT2D eigenvalue weighted by molar-refractivity contribution is 0.228. The van der Waals surface area contributed by atoms with Crippen LogP contribution in [0.4, 0.5) is 0 Å². The SMILES string of the molecule is Cc1cc(CNCCCC(C)CO)c2ccccc2n1. The highest BCUT2D eigenvalue weighted by Crippen LogP contribution is 2.18. The van der Waals surface area contributed by atoms with Gasteiger partial charge in [0.1, 0.15) is 0 Å². The molecule has 1 unspecified atom stereocenters. The number of aliphatic hydroxyl groups is 1. The maximum atomic E-state index is 8.99. The molecule has 1 atom stereocenters. The molecule has 1 heterocycles. The van der Waals surface area contributed by atoms with Gasteiger partial charge in [-0.2, -0.15) is 0 Å². The fourth-order valence-corrected chi connectivity index (χ4v) is 2.43. The van der Waals surface area contributed by atoms with Gasteiger partial charge >= 0.3 is 0 Å². The molecule has 0 aliphatic rings. The van der Waals surface area contributed by atoms with Crippen molar-refractivity contribution in [1.29, 1.82) is 0 Å². The molecule has 0 amide bonds. The van der Waals surface area contributed by atoms with E-state index >= 15 is 0 Å². The Morgan fingerprint density at radius 3 is 2.90 bits per heavy atom. The number of para-hydroxylation sites is 1. The molecular formula is C17H24N2O. The number of nitrogens with zero attached hydrogens (tertiary/aromatic N) is 1. The fraction of sp³-hybridized carbons (Fsp3) is 0.471. The van der Waals surface area contributed by atoms with Crippen LogP contribution in [0.25, 0.3) is 10.9 Å². The molecule has 2 aromatic rings. The van der Waals surface area contributed by atoms with Crippen molar-refractivity contribution < 1.29 is 5.11 Å². The summed E-state index contributed by atoms with van der Waals surface area (Å²) in [6.07, 6.45) is 2.17. The zero-order chi connectivity index (χ0) is 14.4. The molecule has 20 heavy (non-hydrogen) atoms. The van der Waals surface area contributed by atoms with Gasteiger partial charge in [0.05, 0.1) is 5.52 Å². The number of hydrogen-bond donors (Lipinski definition) is 2. The number of benzene rings is 1. The number of pyridine rings is 1. The molecule has 0 saturated heterocycles. The van der Waals surface area contributed by atoms with E-state index in [2.05, 4.69) is 41.5 Å². The predicted molar refractivity (Wildman–Crippen MR) is 83.7 cm³/mol. The molecule has 0 saturated carbocycles. The minimum Gasteiger partial charge on any atom is -0.396 e. The Balaban J connectivity index is 1.93. The second-order valence-corrected chi connectivity index (χ2v) is 5.55. The first-order chi connectivity index (χ1) is 9.70. The van der Waals surface area contributed by atoms with Crippen LogP contribution in [0, 0.1) is 12.8 Å². The molecule has 0 aliphatic heterocycles. The summed E-state index contributed by atoms with van der Waals surface area (Å²) in [6, 6.07) is 10.4. The normalized spacial score (nSPS) is 12.8. The minimum atomic E-state index is 0.286. The summed E-state index contributed by atoms with van der Waals surface area (Å²) < 4.78 is 0. The molecule has 3 nitrogen and oxygen atoms in total. The lowest BCUT2D eigenvalue weighted by Gasteiger charge is -2.10. The van der Waals surface area contributed by atoms with Gasteiger partial charge in [-0.1, -0.05) is 25.1 Å². The van der Waals surface area contributed by atoms with E-state index in [9.17, 15) is 0 Å². The van der Waals surface area contributed by atoms with Gasteiger partial charge in [-0.15, -0.1) is 0 Å². The Hall–Kier alpha value is -1.45. The van der Waals surface area contributed by atoms with Gasteiger partial charge < -0.3 is 10.4 Å². The summed E-state index contributed by atoms with van der Waals surface area (Å²) in [5.74, 6) is 0.404. The molecule has 0 fully saturated rings. The third-order valence-electron chi connectivity index (χ3n) is 3.61. The molecule has 0 aliphatic carbocycles. The molecule has 1 aromatic heterocycles. The van der Waals surface area contributed by atoms with Crippen LogP contribution in [-0.4, -0.2) is 23.2 Å². The van der Waals surface area contributed by atoms with Crippen LogP contribution in [0.1, 0.15) is 31.0 Å². The second-order valence-electron chi connectivity index (χ2n) is 5.55. The summed E-state index contributed by atoms with van der Waals surface area (Å²) >= 11 is 0. The van der Waals surface area contributed by atoms with Crippen LogP contribution in [0.5, 0.6) is 0 Å².